The zero-order valence-corrected chi connectivity index (χ0v) is 13.9. The molecule has 1 N–H and O–H groups in total. The van der Waals surface area contributed by atoms with Gasteiger partial charge in [0.05, 0.1) is 24.9 Å². The molecule has 2 heterocycles. The van der Waals surface area contributed by atoms with Gasteiger partial charge in [-0.25, -0.2) is 14.8 Å². The number of esters is 1. The van der Waals surface area contributed by atoms with Crippen molar-refractivity contribution in [1.82, 2.24) is 9.97 Å². The summed E-state index contributed by atoms with van der Waals surface area (Å²) in [4.78, 5) is 20.5. The molecule has 6 nitrogen and oxygen atoms in total. The van der Waals surface area contributed by atoms with Crippen molar-refractivity contribution in [2.75, 3.05) is 31.4 Å². The van der Waals surface area contributed by atoms with E-state index < -0.39 is 0 Å². The van der Waals surface area contributed by atoms with Crippen molar-refractivity contribution < 1.29 is 14.3 Å². The molecule has 22 heavy (non-hydrogen) atoms. The van der Waals surface area contributed by atoms with Gasteiger partial charge < -0.3 is 14.8 Å². The van der Waals surface area contributed by atoms with E-state index in [0.29, 0.717) is 18.4 Å². The Bertz CT molecular complexity index is 557. The summed E-state index contributed by atoms with van der Waals surface area (Å²) in [5.74, 6) is 0.360. The summed E-state index contributed by atoms with van der Waals surface area (Å²) in [5.41, 5.74) is 1.62. The number of thioether (sulfide) groups is 1. The highest BCUT2D eigenvalue weighted by Gasteiger charge is 2.18. The van der Waals surface area contributed by atoms with Gasteiger partial charge in [-0.15, -0.1) is 0 Å². The van der Waals surface area contributed by atoms with E-state index in [2.05, 4.69) is 15.3 Å². The maximum absolute atomic E-state index is 11.5. The van der Waals surface area contributed by atoms with Gasteiger partial charge in [0.15, 0.2) is 5.16 Å². The van der Waals surface area contributed by atoms with Crippen LogP contribution in [0.25, 0.3) is 6.08 Å². The third-order valence-electron chi connectivity index (χ3n) is 3.24. The molecule has 7 heteroatoms. The summed E-state index contributed by atoms with van der Waals surface area (Å²) in [7, 11) is 0. The molecule has 1 aromatic heterocycles. The Labute approximate surface area is 134 Å². The summed E-state index contributed by atoms with van der Waals surface area (Å²) in [6.07, 6.45) is 5.99. The number of anilines is 1. The molecule has 1 atom stereocenters. The van der Waals surface area contributed by atoms with Crippen molar-refractivity contribution in [3.8, 4) is 0 Å². The second-order valence-corrected chi connectivity index (χ2v) is 5.62. The minimum Gasteiger partial charge on any atom is -0.463 e. The lowest BCUT2D eigenvalue weighted by atomic mass is 10.2. The number of ether oxygens (including phenoxy) is 2. The summed E-state index contributed by atoms with van der Waals surface area (Å²) in [5, 5.41) is 4.09. The fraction of sp³-hybridized carbons (Fsp3) is 0.533. The van der Waals surface area contributed by atoms with E-state index in [1.165, 1.54) is 17.8 Å². The van der Waals surface area contributed by atoms with E-state index in [0.717, 1.165) is 30.1 Å². The lowest BCUT2D eigenvalue weighted by Gasteiger charge is -2.15. The van der Waals surface area contributed by atoms with Gasteiger partial charge >= 0.3 is 5.97 Å². The van der Waals surface area contributed by atoms with Crippen molar-refractivity contribution in [3.05, 3.63) is 17.3 Å². The summed E-state index contributed by atoms with van der Waals surface area (Å²) in [6.45, 7) is 5.46. The molecule has 0 aromatic carbocycles. The zero-order valence-electron chi connectivity index (χ0n) is 13.1. The van der Waals surface area contributed by atoms with Crippen LogP contribution < -0.4 is 5.32 Å². The lowest BCUT2D eigenvalue weighted by molar-refractivity contribution is -0.137. The average Bonchev–Trinajstić information content (AvgIpc) is 2.99. The molecule has 1 fully saturated rings. The smallest absolute Gasteiger partial charge is 0.330 e. The Hall–Kier alpha value is -1.60. The number of nitrogens with one attached hydrogen (secondary N) is 1. The molecule has 1 aliphatic rings. The first-order valence-electron chi connectivity index (χ1n) is 7.25. The van der Waals surface area contributed by atoms with Crippen LogP contribution in [-0.4, -0.2) is 48.1 Å². The van der Waals surface area contributed by atoms with Crippen LogP contribution in [0.3, 0.4) is 0 Å². The van der Waals surface area contributed by atoms with Gasteiger partial charge in [0.25, 0.3) is 0 Å². The minimum absolute atomic E-state index is 0.235. The molecule has 0 radical (unpaired) electrons. The molecular formula is C15H21N3O3S. The predicted molar refractivity (Wildman–Crippen MR) is 87.1 cm³/mol. The van der Waals surface area contributed by atoms with Gasteiger partial charge in [-0.1, -0.05) is 11.8 Å². The van der Waals surface area contributed by atoms with Crippen LogP contribution in [-0.2, 0) is 14.3 Å². The second kappa shape index (κ2) is 8.14. The SMILES string of the molecule is CCOC(=O)C=Cc1c(C)nc(SC)nc1NC1CCOC1. The fourth-order valence-corrected chi connectivity index (χ4v) is 2.55. The number of carbonyl (C=O) groups excluding carboxylic acids is 1. The number of nitrogens with zero attached hydrogens (tertiary/aromatic N) is 2. The van der Waals surface area contributed by atoms with E-state index in [1.807, 2.05) is 13.2 Å². The van der Waals surface area contributed by atoms with Crippen LogP contribution in [0.4, 0.5) is 5.82 Å². The van der Waals surface area contributed by atoms with Crippen LogP contribution >= 0.6 is 11.8 Å². The van der Waals surface area contributed by atoms with Crippen LogP contribution in [0.1, 0.15) is 24.6 Å². The third kappa shape index (κ3) is 4.45. The Kier molecular flexibility index (Phi) is 6.21. The van der Waals surface area contributed by atoms with Crippen molar-refractivity contribution in [1.29, 1.82) is 0 Å². The highest BCUT2D eigenvalue weighted by Crippen LogP contribution is 2.23. The van der Waals surface area contributed by atoms with E-state index in [4.69, 9.17) is 9.47 Å². The largest absolute Gasteiger partial charge is 0.463 e. The number of aryl methyl sites for hydroxylation is 1. The van der Waals surface area contributed by atoms with Crippen LogP contribution in [0.2, 0.25) is 0 Å². The molecule has 0 amide bonds. The van der Waals surface area contributed by atoms with Gasteiger partial charge in [-0.2, -0.15) is 0 Å². The molecule has 2 rings (SSSR count). The Morgan fingerprint density at radius 1 is 1.55 bits per heavy atom. The quantitative estimate of drug-likeness (QED) is 0.372. The van der Waals surface area contributed by atoms with Crippen LogP contribution in [0.15, 0.2) is 11.2 Å². The van der Waals surface area contributed by atoms with Gasteiger partial charge in [0, 0.05) is 18.2 Å². The summed E-state index contributed by atoms with van der Waals surface area (Å²) >= 11 is 1.49. The molecular weight excluding hydrogens is 302 g/mol. The van der Waals surface area contributed by atoms with Crippen molar-refractivity contribution in [2.45, 2.75) is 31.5 Å². The summed E-state index contributed by atoms with van der Waals surface area (Å²) in [6, 6.07) is 0.235. The van der Waals surface area contributed by atoms with Crippen LogP contribution in [0.5, 0.6) is 0 Å². The van der Waals surface area contributed by atoms with Crippen molar-refractivity contribution in [2.24, 2.45) is 0 Å². The number of hydrogen-bond donors (Lipinski definition) is 1. The molecule has 0 spiro atoms. The predicted octanol–water partition coefficient (Wildman–Crippen LogP) is 2.28. The maximum atomic E-state index is 11.5. The van der Waals surface area contributed by atoms with E-state index in [1.54, 1.807) is 13.0 Å². The van der Waals surface area contributed by atoms with Gasteiger partial charge in [0.2, 0.25) is 0 Å². The minimum atomic E-state index is -0.369. The van der Waals surface area contributed by atoms with Crippen molar-refractivity contribution >= 4 is 29.6 Å². The highest BCUT2D eigenvalue weighted by molar-refractivity contribution is 7.98. The number of aromatic nitrogens is 2. The molecule has 0 saturated carbocycles. The van der Waals surface area contributed by atoms with E-state index >= 15 is 0 Å². The first kappa shape index (κ1) is 16.8. The maximum Gasteiger partial charge on any atom is 0.330 e. The van der Waals surface area contributed by atoms with Gasteiger partial charge in [-0.3, -0.25) is 0 Å². The van der Waals surface area contributed by atoms with Crippen molar-refractivity contribution in [3.63, 3.8) is 0 Å². The molecule has 1 saturated heterocycles. The number of hydrogen-bond acceptors (Lipinski definition) is 7. The Morgan fingerprint density at radius 2 is 2.36 bits per heavy atom. The zero-order chi connectivity index (χ0) is 15.9. The first-order chi connectivity index (χ1) is 10.6. The van der Waals surface area contributed by atoms with Crippen LogP contribution in [0, 0.1) is 6.92 Å². The Balaban J connectivity index is 2.26. The molecule has 0 aliphatic carbocycles. The molecule has 1 unspecified atom stereocenters. The summed E-state index contributed by atoms with van der Waals surface area (Å²) < 4.78 is 10.3. The first-order valence-corrected chi connectivity index (χ1v) is 8.48. The second-order valence-electron chi connectivity index (χ2n) is 4.85. The lowest BCUT2D eigenvalue weighted by Crippen LogP contribution is -2.21. The highest BCUT2D eigenvalue weighted by atomic mass is 32.2. The number of rotatable bonds is 6. The number of carbonyl (C=O) groups is 1. The van der Waals surface area contributed by atoms with Gasteiger partial charge in [0.1, 0.15) is 5.82 Å². The molecule has 120 valence electrons. The monoisotopic (exact) mass is 323 g/mol. The fourth-order valence-electron chi connectivity index (χ4n) is 2.14. The normalized spacial score (nSPS) is 17.9. The van der Waals surface area contributed by atoms with Gasteiger partial charge in [-0.05, 0) is 32.6 Å². The van der Waals surface area contributed by atoms with E-state index in [-0.39, 0.29) is 12.0 Å². The molecule has 1 aromatic rings. The Morgan fingerprint density at radius 3 is 3.00 bits per heavy atom. The topological polar surface area (TPSA) is 73.3 Å². The third-order valence-corrected chi connectivity index (χ3v) is 3.79. The van der Waals surface area contributed by atoms with E-state index in [9.17, 15) is 4.79 Å². The average molecular weight is 323 g/mol. The standard InChI is InChI=1S/C15H21N3O3S/c1-4-21-13(19)6-5-12-10(2)16-15(22-3)18-14(12)17-11-7-8-20-9-11/h5-6,11H,4,7-9H2,1-3H3,(H,16,17,18). The molecule has 1 aliphatic heterocycles. The molecule has 0 bridgehead atoms.